The fourth-order valence-corrected chi connectivity index (χ4v) is 1.82. The zero-order valence-electron chi connectivity index (χ0n) is 8.86. The number of Topliss-reactive ketones (excluding diaryl/α,β-unsaturated/α-hetero) is 2. The van der Waals surface area contributed by atoms with E-state index in [1.165, 1.54) is 0 Å². The van der Waals surface area contributed by atoms with E-state index in [2.05, 4.69) is 0 Å². The monoisotopic (exact) mass is 264 g/mol. The van der Waals surface area contributed by atoms with Crippen molar-refractivity contribution < 1.29 is 31.5 Å². The van der Waals surface area contributed by atoms with Gasteiger partial charge in [0.25, 0.3) is 0 Å². The summed E-state index contributed by atoms with van der Waals surface area (Å²) in [5.74, 6) is -12.9. The fraction of sp³-hybridized carbons (Fsp3) is 0.273. The van der Waals surface area contributed by atoms with Crippen LogP contribution in [0, 0.1) is 29.2 Å². The van der Waals surface area contributed by atoms with Crippen LogP contribution in [0.1, 0.15) is 27.6 Å². The third kappa shape index (κ3) is 1.39. The molecule has 0 heterocycles. The van der Waals surface area contributed by atoms with Gasteiger partial charge in [0, 0.05) is 0 Å². The minimum Gasteiger partial charge on any atom is -0.294 e. The lowest BCUT2D eigenvalue weighted by atomic mass is 9.81. The quantitative estimate of drug-likeness (QED) is 0.410. The first-order chi connectivity index (χ1) is 8.29. The van der Waals surface area contributed by atoms with Gasteiger partial charge in [-0.25, -0.2) is 22.0 Å². The highest BCUT2D eigenvalue weighted by molar-refractivity contribution is 6.17. The second-order valence-corrected chi connectivity index (χ2v) is 3.92. The molecule has 0 spiro atoms. The Morgan fingerprint density at radius 2 is 1.17 bits per heavy atom. The van der Waals surface area contributed by atoms with Crippen LogP contribution in [0.15, 0.2) is 0 Å². The molecule has 2 nitrogen and oxygen atoms in total. The first kappa shape index (κ1) is 12.7. The molecule has 2 atom stereocenters. The zero-order valence-corrected chi connectivity index (χ0v) is 8.86. The molecular weight excluding hydrogens is 259 g/mol. The Kier molecular flexibility index (Phi) is 2.71. The lowest BCUT2D eigenvalue weighted by molar-refractivity contribution is 0.0684. The number of fused-ring (bicyclic) bond motifs is 1. The molecule has 2 rings (SSSR count). The molecule has 0 unspecified atom stereocenters. The highest BCUT2D eigenvalue weighted by Gasteiger charge is 2.45. The standard InChI is InChI=1S/C11H5F5O2/c1-2-5(12)11(18)4-3(10(2)17)6(13)8(15)9(16)7(4)14/h2,5H,1H3/t2-,5-/m1/s1. The summed E-state index contributed by atoms with van der Waals surface area (Å²) >= 11 is 0. The highest BCUT2D eigenvalue weighted by Crippen LogP contribution is 2.33. The van der Waals surface area contributed by atoms with Crippen LogP contribution in [0.2, 0.25) is 0 Å². The lowest BCUT2D eigenvalue weighted by Crippen LogP contribution is -2.38. The Hall–Kier alpha value is -1.79. The zero-order chi connectivity index (χ0) is 13.8. The molecule has 0 aromatic heterocycles. The summed E-state index contributed by atoms with van der Waals surface area (Å²) in [6.45, 7) is 0.979. The van der Waals surface area contributed by atoms with E-state index in [0.717, 1.165) is 6.92 Å². The average molecular weight is 264 g/mol. The van der Waals surface area contributed by atoms with Gasteiger partial charge in [-0.2, -0.15) is 0 Å². The molecule has 7 heteroatoms. The van der Waals surface area contributed by atoms with E-state index in [-0.39, 0.29) is 0 Å². The normalized spacial score (nSPS) is 23.2. The molecule has 18 heavy (non-hydrogen) atoms. The number of benzene rings is 1. The molecule has 96 valence electrons. The van der Waals surface area contributed by atoms with Crippen LogP contribution >= 0.6 is 0 Å². The minimum atomic E-state index is -2.40. The van der Waals surface area contributed by atoms with Crippen molar-refractivity contribution in [1.29, 1.82) is 0 Å². The van der Waals surface area contributed by atoms with E-state index < -0.39 is 58.1 Å². The number of ketones is 2. The van der Waals surface area contributed by atoms with Crippen molar-refractivity contribution in [2.75, 3.05) is 0 Å². The molecule has 1 aliphatic carbocycles. The third-order valence-corrected chi connectivity index (χ3v) is 2.86. The van der Waals surface area contributed by atoms with Gasteiger partial charge in [0.15, 0.2) is 35.2 Å². The second kappa shape index (κ2) is 3.86. The van der Waals surface area contributed by atoms with E-state index in [9.17, 15) is 31.5 Å². The molecule has 1 aliphatic rings. The fourth-order valence-electron chi connectivity index (χ4n) is 1.82. The van der Waals surface area contributed by atoms with Gasteiger partial charge in [0.1, 0.15) is 0 Å². The first-order valence-corrected chi connectivity index (χ1v) is 4.87. The first-order valence-electron chi connectivity index (χ1n) is 4.87. The molecule has 0 bridgehead atoms. The summed E-state index contributed by atoms with van der Waals surface area (Å²) in [6, 6.07) is 0. The molecule has 0 fully saturated rings. The Bertz CT molecular complexity index is 531. The van der Waals surface area contributed by atoms with Gasteiger partial charge in [-0.05, 0) is 0 Å². The van der Waals surface area contributed by atoms with Gasteiger partial charge < -0.3 is 0 Å². The number of alkyl halides is 1. The Balaban J connectivity index is 2.89. The molecule has 1 aromatic rings. The van der Waals surface area contributed by atoms with Gasteiger partial charge >= 0.3 is 0 Å². The number of hydrogen-bond donors (Lipinski definition) is 0. The van der Waals surface area contributed by atoms with E-state index in [4.69, 9.17) is 0 Å². The Morgan fingerprint density at radius 3 is 1.61 bits per heavy atom. The number of carbonyl (C=O) groups is 2. The summed E-state index contributed by atoms with van der Waals surface area (Å²) in [7, 11) is 0. The van der Waals surface area contributed by atoms with E-state index in [1.807, 2.05) is 0 Å². The smallest absolute Gasteiger partial charge is 0.201 e. The van der Waals surface area contributed by atoms with Gasteiger partial charge in [0.2, 0.25) is 5.78 Å². The maximum atomic E-state index is 13.4. The second-order valence-electron chi connectivity index (χ2n) is 3.92. The van der Waals surface area contributed by atoms with Crippen molar-refractivity contribution in [3.8, 4) is 0 Å². The average Bonchev–Trinajstić information content (AvgIpc) is 2.35. The van der Waals surface area contributed by atoms with Crippen LogP contribution < -0.4 is 0 Å². The van der Waals surface area contributed by atoms with Crippen LogP contribution in [0.4, 0.5) is 22.0 Å². The summed E-state index contributed by atoms with van der Waals surface area (Å²) in [6.07, 6.45) is -2.40. The molecule has 0 N–H and O–H groups in total. The number of carbonyl (C=O) groups excluding carboxylic acids is 2. The van der Waals surface area contributed by atoms with Gasteiger partial charge in [-0.3, -0.25) is 9.59 Å². The summed E-state index contributed by atoms with van der Waals surface area (Å²) in [4.78, 5) is 22.9. The van der Waals surface area contributed by atoms with Crippen molar-refractivity contribution in [3.63, 3.8) is 0 Å². The van der Waals surface area contributed by atoms with E-state index >= 15 is 0 Å². The third-order valence-electron chi connectivity index (χ3n) is 2.86. The van der Waals surface area contributed by atoms with E-state index in [1.54, 1.807) is 0 Å². The van der Waals surface area contributed by atoms with Gasteiger partial charge in [-0.15, -0.1) is 0 Å². The Labute approximate surface area is 97.4 Å². The van der Waals surface area contributed by atoms with Crippen LogP contribution in [0.3, 0.4) is 0 Å². The largest absolute Gasteiger partial charge is 0.294 e. The van der Waals surface area contributed by atoms with Crippen molar-refractivity contribution in [1.82, 2.24) is 0 Å². The predicted molar refractivity (Wildman–Crippen MR) is 49.0 cm³/mol. The minimum absolute atomic E-state index is 0.979. The number of halogens is 5. The molecule has 0 aliphatic heterocycles. The molecular formula is C11H5F5O2. The highest BCUT2D eigenvalue weighted by atomic mass is 19.2. The number of hydrogen-bond acceptors (Lipinski definition) is 2. The summed E-state index contributed by atoms with van der Waals surface area (Å²) < 4.78 is 66.0. The topological polar surface area (TPSA) is 34.1 Å². The summed E-state index contributed by atoms with van der Waals surface area (Å²) in [5, 5.41) is 0. The molecule has 1 aromatic carbocycles. The van der Waals surface area contributed by atoms with Crippen molar-refractivity contribution in [3.05, 3.63) is 34.4 Å². The van der Waals surface area contributed by atoms with Crippen LogP contribution in [-0.4, -0.2) is 17.7 Å². The lowest BCUT2D eigenvalue weighted by Gasteiger charge is -2.23. The predicted octanol–water partition coefficient (Wildman–Crippen LogP) is 2.60. The molecule has 0 saturated heterocycles. The molecule has 0 amide bonds. The van der Waals surface area contributed by atoms with E-state index in [0.29, 0.717) is 0 Å². The SMILES string of the molecule is C[C@H]1C(=O)c2c(F)c(F)c(F)c(F)c2C(=O)[C@@H]1F. The molecule has 0 radical (unpaired) electrons. The van der Waals surface area contributed by atoms with Gasteiger partial charge in [-0.1, -0.05) is 6.92 Å². The van der Waals surface area contributed by atoms with Crippen LogP contribution in [0.5, 0.6) is 0 Å². The van der Waals surface area contributed by atoms with Crippen LogP contribution in [0.25, 0.3) is 0 Å². The van der Waals surface area contributed by atoms with Crippen LogP contribution in [-0.2, 0) is 0 Å². The number of rotatable bonds is 0. The van der Waals surface area contributed by atoms with Crippen molar-refractivity contribution >= 4 is 11.6 Å². The maximum absolute atomic E-state index is 13.4. The maximum Gasteiger partial charge on any atom is 0.201 e. The molecule has 0 saturated carbocycles. The Morgan fingerprint density at radius 1 is 0.778 bits per heavy atom. The summed E-state index contributed by atoms with van der Waals surface area (Å²) in [5.41, 5.74) is -2.58. The van der Waals surface area contributed by atoms with Gasteiger partial charge in [0.05, 0.1) is 17.0 Å². The van der Waals surface area contributed by atoms with Crippen molar-refractivity contribution in [2.45, 2.75) is 13.1 Å². The van der Waals surface area contributed by atoms with Crippen molar-refractivity contribution in [2.24, 2.45) is 5.92 Å².